The van der Waals surface area contributed by atoms with Gasteiger partial charge in [-0.25, -0.2) is 0 Å². The zero-order valence-corrected chi connectivity index (χ0v) is 17.8. The Hall–Kier alpha value is -3.64. The Morgan fingerprint density at radius 1 is 1.00 bits per heavy atom. The quantitative estimate of drug-likeness (QED) is 0.457. The summed E-state index contributed by atoms with van der Waals surface area (Å²) in [5, 5.41) is 5.95. The third-order valence-electron chi connectivity index (χ3n) is 4.92. The number of anilines is 1. The van der Waals surface area contributed by atoms with Gasteiger partial charge in [-0.15, -0.1) is 0 Å². The molecular weight excluding hydrogens is 414 g/mol. The summed E-state index contributed by atoms with van der Waals surface area (Å²) in [7, 11) is 1.66. The van der Waals surface area contributed by atoms with Gasteiger partial charge in [0, 0.05) is 23.1 Å². The van der Waals surface area contributed by atoms with Gasteiger partial charge in [-0.3, -0.25) is 9.59 Å². The summed E-state index contributed by atoms with van der Waals surface area (Å²) in [4.78, 5) is 28.0. The van der Waals surface area contributed by atoms with Gasteiger partial charge in [0.05, 0.1) is 17.7 Å². The number of nitrogens with zero attached hydrogens (tertiary/aromatic N) is 3. The molecule has 0 aliphatic rings. The lowest BCUT2D eigenvalue weighted by atomic mass is 10.1. The second-order valence-electron chi connectivity index (χ2n) is 6.88. The van der Waals surface area contributed by atoms with Crippen LogP contribution in [0, 0.1) is 0 Å². The molecule has 1 aromatic heterocycles. The van der Waals surface area contributed by atoms with Gasteiger partial charge in [0.15, 0.2) is 5.69 Å². The molecule has 1 amide bonds. The average molecular weight is 434 g/mol. The van der Waals surface area contributed by atoms with Crippen LogP contribution in [0.2, 0.25) is 5.02 Å². The van der Waals surface area contributed by atoms with Crippen LogP contribution in [-0.2, 0) is 0 Å². The molecule has 0 N–H and O–H groups in total. The van der Waals surface area contributed by atoms with Gasteiger partial charge in [0.2, 0.25) is 0 Å². The van der Waals surface area contributed by atoms with Gasteiger partial charge in [0.1, 0.15) is 5.75 Å². The average Bonchev–Trinajstić information content (AvgIpc) is 2.80. The maximum atomic E-state index is 13.4. The number of halogens is 1. The number of carbonyl (C=O) groups excluding carboxylic acids is 1. The first-order chi connectivity index (χ1) is 15.0. The second kappa shape index (κ2) is 8.62. The molecule has 4 rings (SSSR count). The van der Waals surface area contributed by atoms with Gasteiger partial charge >= 0.3 is 0 Å². The Kier molecular flexibility index (Phi) is 5.73. The molecule has 156 valence electrons. The van der Waals surface area contributed by atoms with E-state index in [0.29, 0.717) is 39.5 Å². The highest BCUT2D eigenvalue weighted by atomic mass is 35.5. The summed E-state index contributed by atoms with van der Waals surface area (Å²) in [5.74, 6) is 0.358. The molecule has 0 aliphatic heterocycles. The van der Waals surface area contributed by atoms with E-state index in [1.807, 2.05) is 6.92 Å². The van der Waals surface area contributed by atoms with Crippen LogP contribution < -0.4 is 15.2 Å². The van der Waals surface area contributed by atoms with Crippen LogP contribution in [0.25, 0.3) is 16.5 Å². The number of carbonyl (C=O) groups is 1. The molecule has 0 saturated carbocycles. The minimum atomic E-state index is -0.335. The third kappa shape index (κ3) is 4.02. The Morgan fingerprint density at radius 3 is 2.29 bits per heavy atom. The largest absolute Gasteiger partial charge is 0.494 e. The fourth-order valence-electron chi connectivity index (χ4n) is 3.31. The SMILES string of the molecule is CCOc1ccc(-n2nc(C(=O)N(C)c3ccc(Cl)cc3)c3ccccc3c2=O)cc1. The van der Waals surface area contributed by atoms with Gasteiger partial charge in [-0.2, -0.15) is 9.78 Å². The molecule has 1 heterocycles. The third-order valence-corrected chi connectivity index (χ3v) is 5.17. The van der Waals surface area contributed by atoms with E-state index >= 15 is 0 Å². The molecule has 4 aromatic rings. The molecule has 0 aliphatic carbocycles. The fraction of sp³-hybridized carbons (Fsp3) is 0.125. The van der Waals surface area contributed by atoms with Gasteiger partial charge < -0.3 is 9.64 Å². The van der Waals surface area contributed by atoms with E-state index in [4.69, 9.17) is 16.3 Å². The van der Waals surface area contributed by atoms with Crippen molar-refractivity contribution in [3.63, 3.8) is 0 Å². The van der Waals surface area contributed by atoms with Crippen LogP contribution in [0.4, 0.5) is 5.69 Å². The van der Waals surface area contributed by atoms with E-state index in [9.17, 15) is 9.59 Å². The standard InChI is InChI=1S/C24H20ClN3O3/c1-3-31-19-14-12-18(13-15-19)28-23(29)21-7-5-4-6-20(21)22(26-28)24(30)27(2)17-10-8-16(25)9-11-17/h4-15H,3H2,1-2H3. The number of hydrogen-bond acceptors (Lipinski definition) is 4. The normalized spacial score (nSPS) is 10.8. The van der Waals surface area contributed by atoms with Crippen molar-refractivity contribution in [1.29, 1.82) is 0 Å². The first-order valence-corrected chi connectivity index (χ1v) is 10.2. The lowest BCUT2D eigenvalue weighted by Gasteiger charge is -2.19. The summed E-state index contributed by atoms with van der Waals surface area (Å²) >= 11 is 5.97. The number of aromatic nitrogens is 2. The predicted molar refractivity (Wildman–Crippen MR) is 123 cm³/mol. The van der Waals surface area contributed by atoms with Gasteiger partial charge in [-0.1, -0.05) is 29.8 Å². The smallest absolute Gasteiger partial charge is 0.279 e. The van der Waals surface area contributed by atoms with E-state index in [2.05, 4.69) is 5.10 Å². The van der Waals surface area contributed by atoms with Crippen molar-refractivity contribution in [3.05, 3.63) is 93.9 Å². The molecule has 3 aromatic carbocycles. The van der Waals surface area contributed by atoms with Crippen LogP contribution in [0.5, 0.6) is 5.75 Å². The van der Waals surface area contributed by atoms with Crippen LogP contribution in [0.1, 0.15) is 17.4 Å². The van der Waals surface area contributed by atoms with E-state index in [1.165, 1.54) is 9.58 Å². The molecule has 0 bridgehead atoms. The van der Waals surface area contributed by atoms with Crippen molar-refractivity contribution in [2.45, 2.75) is 6.92 Å². The van der Waals surface area contributed by atoms with Gasteiger partial charge in [-0.05, 0) is 61.5 Å². The minimum Gasteiger partial charge on any atom is -0.494 e. The molecule has 0 atom stereocenters. The lowest BCUT2D eigenvalue weighted by Crippen LogP contribution is -2.31. The van der Waals surface area contributed by atoms with Crippen LogP contribution in [-0.4, -0.2) is 29.3 Å². The number of amides is 1. The lowest BCUT2D eigenvalue weighted by molar-refractivity contribution is 0.0988. The number of ether oxygens (including phenoxy) is 1. The predicted octanol–water partition coefficient (Wildman–Crippen LogP) is 4.71. The molecular formula is C24H20ClN3O3. The van der Waals surface area contributed by atoms with Crippen molar-refractivity contribution in [2.24, 2.45) is 0 Å². The maximum absolute atomic E-state index is 13.4. The molecule has 0 unspecified atom stereocenters. The van der Waals surface area contributed by atoms with E-state index in [0.717, 1.165) is 0 Å². The van der Waals surface area contributed by atoms with E-state index in [1.54, 1.807) is 79.8 Å². The zero-order valence-electron chi connectivity index (χ0n) is 17.1. The number of hydrogen-bond donors (Lipinski definition) is 0. The highest BCUT2D eigenvalue weighted by Gasteiger charge is 2.21. The van der Waals surface area contributed by atoms with E-state index in [-0.39, 0.29) is 17.2 Å². The summed E-state index contributed by atoms with van der Waals surface area (Å²) in [6.45, 7) is 2.45. The monoisotopic (exact) mass is 433 g/mol. The number of benzene rings is 3. The van der Waals surface area contributed by atoms with Crippen molar-refractivity contribution in [2.75, 3.05) is 18.6 Å². The Balaban J connectivity index is 1.85. The Bertz CT molecular complexity index is 1300. The summed E-state index contributed by atoms with van der Waals surface area (Å²) in [6.07, 6.45) is 0. The summed E-state index contributed by atoms with van der Waals surface area (Å²) < 4.78 is 6.72. The molecule has 0 fully saturated rings. The highest BCUT2D eigenvalue weighted by Crippen LogP contribution is 2.22. The molecule has 7 heteroatoms. The van der Waals surface area contributed by atoms with Crippen molar-refractivity contribution >= 4 is 34.0 Å². The molecule has 31 heavy (non-hydrogen) atoms. The minimum absolute atomic E-state index is 0.182. The highest BCUT2D eigenvalue weighted by molar-refractivity contribution is 6.30. The first kappa shape index (κ1) is 20.6. The van der Waals surface area contributed by atoms with Crippen molar-refractivity contribution in [1.82, 2.24) is 9.78 Å². The molecule has 0 saturated heterocycles. The Morgan fingerprint density at radius 2 is 1.65 bits per heavy atom. The second-order valence-corrected chi connectivity index (χ2v) is 7.32. The van der Waals surface area contributed by atoms with Gasteiger partial charge in [0.25, 0.3) is 11.5 Å². The fourth-order valence-corrected chi connectivity index (χ4v) is 3.44. The summed E-state index contributed by atoms with van der Waals surface area (Å²) in [6, 6.07) is 20.9. The van der Waals surface area contributed by atoms with Crippen LogP contribution in [0.15, 0.2) is 77.6 Å². The molecule has 0 spiro atoms. The summed E-state index contributed by atoms with van der Waals surface area (Å²) in [5.41, 5.74) is 1.09. The van der Waals surface area contributed by atoms with Crippen LogP contribution in [0.3, 0.4) is 0 Å². The number of rotatable bonds is 5. The molecule has 0 radical (unpaired) electrons. The zero-order chi connectivity index (χ0) is 22.0. The van der Waals surface area contributed by atoms with E-state index < -0.39 is 0 Å². The topological polar surface area (TPSA) is 64.4 Å². The van der Waals surface area contributed by atoms with Crippen molar-refractivity contribution in [3.8, 4) is 11.4 Å². The first-order valence-electron chi connectivity index (χ1n) is 9.78. The number of fused-ring (bicyclic) bond motifs is 1. The Labute approximate surface area is 184 Å². The van der Waals surface area contributed by atoms with Crippen molar-refractivity contribution < 1.29 is 9.53 Å². The molecule has 6 nitrogen and oxygen atoms in total. The van der Waals surface area contributed by atoms with Crippen LogP contribution >= 0.6 is 11.6 Å². The maximum Gasteiger partial charge on any atom is 0.279 e.